The molecule has 0 aliphatic heterocycles. The van der Waals surface area contributed by atoms with Crippen molar-refractivity contribution in [3.63, 3.8) is 0 Å². The zero-order valence-electron chi connectivity index (χ0n) is 11.2. The number of nitrogens with one attached hydrogen (secondary N) is 1. The number of ether oxygens (including phenoxy) is 1. The Kier molecular flexibility index (Phi) is 5.13. The first-order chi connectivity index (χ1) is 9.52. The fourth-order valence-electron chi connectivity index (χ4n) is 2.42. The van der Waals surface area contributed by atoms with Gasteiger partial charge in [-0.05, 0) is 25.0 Å². The molecule has 1 aliphatic carbocycles. The molecule has 0 radical (unpaired) electrons. The van der Waals surface area contributed by atoms with Crippen LogP contribution in [0.5, 0.6) is 5.75 Å². The summed E-state index contributed by atoms with van der Waals surface area (Å²) < 4.78 is 5.04. The van der Waals surface area contributed by atoms with E-state index in [0.29, 0.717) is 11.3 Å². The quantitative estimate of drug-likeness (QED) is 0.900. The van der Waals surface area contributed by atoms with E-state index in [9.17, 15) is 9.90 Å². The molecule has 0 spiro atoms. The Balaban J connectivity index is 2.13. The van der Waals surface area contributed by atoms with Crippen molar-refractivity contribution >= 4 is 29.1 Å². The van der Waals surface area contributed by atoms with Crippen molar-refractivity contribution in [2.24, 2.45) is 0 Å². The maximum atomic E-state index is 12.2. The van der Waals surface area contributed by atoms with Crippen LogP contribution in [0.3, 0.4) is 0 Å². The van der Waals surface area contributed by atoms with Gasteiger partial charge in [0.2, 0.25) is 0 Å². The Bertz CT molecular complexity index is 484. The second-order valence-electron chi connectivity index (χ2n) is 4.90. The van der Waals surface area contributed by atoms with Crippen LogP contribution in [0, 0.1) is 0 Å². The lowest BCUT2D eigenvalue weighted by Crippen LogP contribution is -2.45. The second-order valence-corrected chi connectivity index (χ2v) is 5.72. The van der Waals surface area contributed by atoms with Crippen molar-refractivity contribution in [2.75, 3.05) is 7.11 Å². The summed E-state index contributed by atoms with van der Waals surface area (Å²) in [6.45, 7) is 0. The van der Waals surface area contributed by atoms with Gasteiger partial charge >= 0.3 is 0 Å². The molecular formula is C14H17Cl2NO3. The van der Waals surface area contributed by atoms with E-state index in [4.69, 9.17) is 27.9 Å². The molecule has 2 N–H and O–H groups in total. The molecule has 1 aliphatic rings. The first kappa shape index (κ1) is 15.4. The Labute approximate surface area is 128 Å². The topological polar surface area (TPSA) is 58.6 Å². The number of carbonyl (C=O) groups excluding carboxylic acids is 1. The van der Waals surface area contributed by atoms with E-state index in [-0.39, 0.29) is 22.0 Å². The fraction of sp³-hybridized carbons (Fsp3) is 0.500. The summed E-state index contributed by atoms with van der Waals surface area (Å²) >= 11 is 12.0. The summed E-state index contributed by atoms with van der Waals surface area (Å²) in [5, 5.41) is 13.3. The van der Waals surface area contributed by atoms with Gasteiger partial charge in [0.05, 0.1) is 29.3 Å². The predicted octanol–water partition coefficient (Wildman–Crippen LogP) is 3.04. The van der Waals surface area contributed by atoms with Crippen molar-refractivity contribution < 1.29 is 14.6 Å². The number of hydrogen-bond acceptors (Lipinski definition) is 3. The number of halogens is 2. The number of aliphatic hydroxyl groups is 1. The third-order valence-electron chi connectivity index (χ3n) is 3.51. The Morgan fingerprint density at radius 3 is 2.45 bits per heavy atom. The van der Waals surface area contributed by atoms with Gasteiger partial charge in [-0.1, -0.05) is 36.0 Å². The molecule has 0 aromatic heterocycles. The van der Waals surface area contributed by atoms with Gasteiger partial charge in [0, 0.05) is 5.56 Å². The zero-order valence-corrected chi connectivity index (χ0v) is 12.7. The summed E-state index contributed by atoms with van der Waals surface area (Å²) in [4.78, 5) is 12.2. The van der Waals surface area contributed by atoms with Crippen molar-refractivity contribution in [1.29, 1.82) is 0 Å². The molecule has 1 aromatic carbocycles. The first-order valence-electron chi connectivity index (χ1n) is 6.55. The van der Waals surface area contributed by atoms with Crippen LogP contribution in [0.4, 0.5) is 0 Å². The minimum absolute atomic E-state index is 0.212. The molecule has 20 heavy (non-hydrogen) atoms. The highest BCUT2D eigenvalue weighted by Crippen LogP contribution is 2.33. The van der Waals surface area contributed by atoms with Gasteiger partial charge in [0.1, 0.15) is 0 Å². The highest BCUT2D eigenvalue weighted by molar-refractivity contribution is 6.37. The van der Waals surface area contributed by atoms with E-state index in [1.165, 1.54) is 19.2 Å². The zero-order chi connectivity index (χ0) is 14.7. The van der Waals surface area contributed by atoms with Gasteiger partial charge in [0.25, 0.3) is 5.91 Å². The SMILES string of the molecule is COc1c(Cl)cc(C(=O)NC2CCCCC2O)cc1Cl. The van der Waals surface area contributed by atoms with E-state index >= 15 is 0 Å². The highest BCUT2D eigenvalue weighted by atomic mass is 35.5. The van der Waals surface area contributed by atoms with E-state index in [2.05, 4.69) is 5.32 Å². The van der Waals surface area contributed by atoms with E-state index < -0.39 is 6.10 Å². The molecular weight excluding hydrogens is 301 g/mol. The highest BCUT2D eigenvalue weighted by Gasteiger charge is 2.25. The summed E-state index contributed by atoms with van der Waals surface area (Å²) in [6.07, 6.45) is 3.01. The normalized spacial score (nSPS) is 22.4. The van der Waals surface area contributed by atoms with Crippen molar-refractivity contribution in [3.8, 4) is 5.75 Å². The largest absolute Gasteiger partial charge is 0.494 e. The number of aliphatic hydroxyl groups excluding tert-OH is 1. The van der Waals surface area contributed by atoms with Crippen molar-refractivity contribution in [2.45, 2.75) is 37.8 Å². The monoisotopic (exact) mass is 317 g/mol. The molecule has 0 saturated heterocycles. The van der Waals surface area contributed by atoms with Gasteiger partial charge in [-0.25, -0.2) is 0 Å². The van der Waals surface area contributed by atoms with Crippen LogP contribution in [0.15, 0.2) is 12.1 Å². The number of amides is 1. The minimum atomic E-state index is -0.489. The van der Waals surface area contributed by atoms with Crippen LogP contribution in [-0.2, 0) is 0 Å². The number of rotatable bonds is 3. The Hall–Kier alpha value is -0.970. The van der Waals surface area contributed by atoms with Gasteiger partial charge in [-0.15, -0.1) is 0 Å². The lowest BCUT2D eigenvalue weighted by Gasteiger charge is -2.28. The van der Waals surface area contributed by atoms with E-state index in [1.807, 2.05) is 0 Å². The molecule has 1 saturated carbocycles. The molecule has 0 heterocycles. The smallest absolute Gasteiger partial charge is 0.251 e. The lowest BCUT2D eigenvalue weighted by atomic mass is 9.92. The second kappa shape index (κ2) is 6.66. The van der Waals surface area contributed by atoms with Crippen molar-refractivity contribution in [3.05, 3.63) is 27.7 Å². The van der Waals surface area contributed by atoms with Gasteiger partial charge in [-0.2, -0.15) is 0 Å². The van der Waals surface area contributed by atoms with Crippen LogP contribution in [0.25, 0.3) is 0 Å². The summed E-state index contributed by atoms with van der Waals surface area (Å²) in [7, 11) is 1.46. The molecule has 0 bridgehead atoms. The molecule has 2 unspecified atom stereocenters. The predicted molar refractivity (Wildman–Crippen MR) is 78.7 cm³/mol. The van der Waals surface area contributed by atoms with Crippen LogP contribution in [0.1, 0.15) is 36.0 Å². The molecule has 2 rings (SSSR count). The average molecular weight is 318 g/mol. The maximum Gasteiger partial charge on any atom is 0.251 e. The summed E-state index contributed by atoms with van der Waals surface area (Å²) in [6, 6.07) is 2.81. The fourth-order valence-corrected chi connectivity index (χ4v) is 3.06. The maximum absolute atomic E-state index is 12.2. The van der Waals surface area contributed by atoms with Crippen LogP contribution < -0.4 is 10.1 Å². The van der Waals surface area contributed by atoms with Crippen LogP contribution in [-0.4, -0.2) is 30.3 Å². The van der Waals surface area contributed by atoms with Crippen molar-refractivity contribution in [1.82, 2.24) is 5.32 Å². The Morgan fingerprint density at radius 2 is 1.90 bits per heavy atom. The molecule has 6 heteroatoms. The molecule has 4 nitrogen and oxygen atoms in total. The molecule has 2 atom stereocenters. The number of benzene rings is 1. The lowest BCUT2D eigenvalue weighted by molar-refractivity contribution is 0.0717. The van der Waals surface area contributed by atoms with Gasteiger partial charge in [-0.3, -0.25) is 4.79 Å². The minimum Gasteiger partial charge on any atom is -0.494 e. The number of carbonyl (C=O) groups is 1. The molecule has 1 amide bonds. The van der Waals surface area contributed by atoms with Gasteiger partial charge in [0.15, 0.2) is 5.75 Å². The number of methoxy groups -OCH3 is 1. The van der Waals surface area contributed by atoms with E-state index in [0.717, 1.165) is 25.7 Å². The standard InChI is InChI=1S/C14H17Cl2NO3/c1-20-13-9(15)6-8(7-10(13)16)14(19)17-11-4-2-3-5-12(11)18/h6-7,11-12,18H,2-5H2,1H3,(H,17,19). The van der Waals surface area contributed by atoms with Gasteiger partial charge < -0.3 is 15.2 Å². The molecule has 1 aromatic rings. The Morgan fingerprint density at radius 1 is 1.30 bits per heavy atom. The summed E-state index contributed by atoms with van der Waals surface area (Å²) in [5.41, 5.74) is 0.360. The number of hydrogen-bond donors (Lipinski definition) is 2. The third-order valence-corrected chi connectivity index (χ3v) is 4.07. The molecule has 110 valence electrons. The summed E-state index contributed by atoms with van der Waals surface area (Å²) in [5.74, 6) is 0.0602. The van der Waals surface area contributed by atoms with Crippen LogP contribution in [0.2, 0.25) is 10.0 Å². The first-order valence-corrected chi connectivity index (χ1v) is 7.30. The molecule has 1 fully saturated rings. The van der Waals surface area contributed by atoms with Crippen LogP contribution >= 0.6 is 23.2 Å². The third kappa shape index (κ3) is 3.37. The van der Waals surface area contributed by atoms with E-state index in [1.54, 1.807) is 0 Å². The average Bonchev–Trinajstić information content (AvgIpc) is 2.41.